The van der Waals surface area contributed by atoms with Crippen molar-refractivity contribution in [2.24, 2.45) is 0 Å². The second-order valence-corrected chi connectivity index (χ2v) is 1.32. The SMILES string of the molecule is [2H]C1C=CC(=O)CN1[2H]. The highest BCUT2D eigenvalue weighted by atomic mass is 16.1. The molecule has 1 aliphatic heterocycles. The van der Waals surface area contributed by atoms with Crippen molar-refractivity contribution < 1.29 is 7.58 Å². The number of carbonyl (C=O) groups excluding carboxylic acids is 1. The fourth-order valence-corrected chi connectivity index (χ4v) is 0.407. The summed E-state index contributed by atoms with van der Waals surface area (Å²) in [5.41, 5.74) is 0. The van der Waals surface area contributed by atoms with Crippen LogP contribution < -0.4 is 5.31 Å². The van der Waals surface area contributed by atoms with E-state index in [1.807, 2.05) is 0 Å². The van der Waals surface area contributed by atoms with E-state index >= 15 is 0 Å². The van der Waals surface area contributed by atoms with E-state index in [9.17, 15) is 4.79 Å². The summed E-state index contributed by atoms with van der Waals surface area (Å²) in [6.07, 6.45) is 2.75. The summed E-state index contributed by atoms with van der Waals surface area (Å²) in [4.78, 5) is 10.5. The standard InChI is InChI=1S/C5H7NO/c7-5-2-1-3-6-4-5/h1-2,6H,3-4H2/i3D/hD. The molecule has 0 radical (unpaired) electrons. The van der Waals surface area contributed by atoms with Crippen LogP contribution in [0.4, 0.5) is 0 Å². The van der Waals surface area contributed by atoms with Crippen LogP contribution in [-0.2, 0) is 4.79 Å². The van der Waals surface area contributed by atoms with Gasteiger partial charge in [0.1, 0.15) is 1.41 Å². The third kappa shape index (κ3) is 1.12. The van der Waals surface area contributed by atoms with Crippen LogP contribution in [0.3, 0.4) is 0 Å². The molecule has 0 saturated heterocycles. The Morgan fingerprint density at radius 2 is 3.00 bits per heavy atom. The highest BCUT2D eigenvalue weighted by molar-refractivity contribution is 5.92. The molecular formula is C5H7NO. The molecule has 1 rings (SSSR count). The number of ketones is 1. The Morgan fingerprint density at radius 1 is 2.14 bits per heavy atom. The summed E-state index contributed by atoms with van der Waals surface area (Å²) < 4.78 is 14.0. The Balaban J connectivity index is 2.65. The van der Waals surface area contributed by atoms with E-state index in [1.54, 1.807) is 0 Å². The van der Waals surface area contributed by atoms with Gasteiger partial charge < -0.3 is 5.31 Å². The van der Waals surface area contributed by atoms with Crippen LogP contribution in [-0.4, -0.2) is 18.8 Å². The minimum atomic E-state index is -0.664. The summed E-state index contributed by atoms with van der Waals surface area (Å²) in [7, 11) is 0. The molecule has 1 N–H and O–H groups in total. The monoisotopic (exact) mass is 99.1 g/mol. The Morgan fingerprint density at radius 3 is 3.57 bits per heavy atom. The minimum absolute atomic E-state index is 0.0463. The lowest BCUT2D eigenvalue weighted by molar-refractivity contribution is -0.114. The number of hydrogen-bond acceptors (Lipinski definition) is 2. The molecule has 0 spiro atoms. The maximum Gasteiger partial charge on any atom is 0.169 e. The Hall–Kier alpha value is -0.630. The van der Waals surface area contributed by atoms with Crippen molar-refractivity contribution in [3.8, 4) is 0 Å². The molecule has 1 atom stereocenters. The third-order valence-corrected chi connectivity index (χ3v) is 0.721. The van der Waals surface area contributed by atoms with Gasteiger partial charge in [0.15, 0.2) is 5.78 Å². The van der Waals surface area contributed by atoms with E-state index in [1.165, 1.54) is 12.2 Å². The molecule has 0 amide bonds. The number of rotatable bonds is 0. The molecule has 1 unspecified atom stereocenters. The fourth-order valence-electron chi connectivity index (χ4n) is 0.407. The van der Waals surface area contributed by atoms with Crippen LogP contribution in [0.15, 0.2) is 12.2 Å². The lowest BCUT2D eigenvalue weighted by Gasteiger charge is -2.00. The van der Waals surface area contributed by atoms with Crippen LogP contribution >= 0.6 is 0 Å². The molecule has 1 aliphatic rings. The lowest BCUT2D eigenvalue weighted by atomic mass is 10.3. The molecule has 2 nitrogen and oxygen atoms in total. The first-order valence-corrected chi connectivity index (χ1v) is 2.09. The summed E-state index contributed by atoms with van der Waals surface area (Å²) in [5.74, 6) is -0.103. The summed E-state index contributed by atoms with van der Waals surface area (Å²) >= 11 is 0. The normalized spacial score (nSPS) is 37.7. The van der Waals surface area contributed by atoms with Crippen LogP contribution in [0.1, 0.15) is 1.37 Å². The average Bonchev–Trinajstić information content (AvgIpc) is 1.80. The highest BCUT2D eigenvalue weighted by Crippen LogP contribution is 1.80. The van der Waals surface area contributed by atoms with Gasteiger partial charge in [0, 0.05) is 7.89 Å². The molecule has 38 valence electrons. The van der Waals surface area contributed by atoms with Gasteiger partial charge >= 0.3 is 0 Å². The number of nitrogens with one attached hydrogen (secondary N) is 1. The van der Waals surface area contributed by atoms with Gasteiger partial charge in [0.05, 0.1) is 6.54 Å². The Bertz CT molecular complexity index is 157. The van der Waals surface area contributed by atoms with Crippen LogP contribution in [0.25, 0.3) is 0 Å². The fraction of sp³-hybridized carbons (Fsp3) is 0.400. The average molecular weight is 99.1 g/mol. The lowest BCUT2D eigenvalue weighted by Crippen LogP contribution is -2.25. The van der Waals surface area contributed by atoms with Crippen molar-refractivity contribution in [3.63, 3.8) is 0 Å². The first-order chi connectivity index (χ1) is 4.20. The molecule has 0 aromatic carbocycles. The molecule has 0 saturated carbocycles. The number of hydrogen-bond donors (Lipinski definition) is 1. The molecule has 0 bridgehead atoms. The van der Waals surface area contributed by atoms with Gasteiger partial charge in [-0.25, -0.2) is 0 Å². The largest absolute Gasteiger partial charge is 0.306 e. The maximum atomic E-state index is 10.5. The van der Waals surface area contributed by atoms with Crippen molar-refractivity contribution in [3.05, 3.63) is 12.2 Å². The molecular weight excluding hydrogens is 90.1 g/mol. The van der Waals surface area contributed by atoms with Gasteiger partial charge in [-0.3, -0.25) is 4.79 Å². The van der Waals surface area contributed by atoms with Gasteiger partial charge in [-0.15, -0.1) is 0 Å². The zero-order valence-electron chi connectivity index (χ0n) is 5.79. The highest BCUT2D eigenvalue weighted by Gasteiger charge is 1.97. The zero-order valence-corrected chi connectivity index (χ0v) is 3.79. The van der Waals surface area contributed by atoms with E-state index in [-0.39, 0.29) is 12.3 Å². The van der Waals surface area contributed by atoms with Gasteiger partial charge in [-0.2, -0.15) is 0 Å². The summed E-state index contributed by atoms with van der Waals surface area (Å²) in [6.45, 7) is -0.618. The van der Waals surface area contributed by atoms with E-state index in [0.29, 0.717) is 0 Å². The van der Waals surface area contributed by atoms with Crippen molar-refractivity contribution in [2.75, 3.05) is 13.1 Å². The molecule has 0 aliphatic carbocycles. The summed E-state index contributed by atoms with van der Waals surface area (Å²) in [6, 6.07) is 0. The number of carbonyl (C=O) groups is 1. The van der Waals surface area contributed by atoms with Gasteiger partial charge in [0.2, 0.25) is 0 Å². The van der Waals surface area contributed by atoms with E-state index in [0.717, 1.165) is 5.31 Å². The quantitative estimate of drug-likeness (QED) is 0.452. The van der Waals surface area contributed by atoms with Gasteiger partial charge in [0.25, 0.3) is 0 Å². The smallest absolute Gasteiger partial charge is 0.169 e. The third-order valence-electron chi connectivity index (χ3n) is 0.721. The molecule has 0 fully saturated rings. The molecule has 1 heterocycles. The first kappa shape index (κ1) is 2.62. The predicted octanol–water partition coefficient (Wildman–Crippen LogP) is -0.285. The molecule has 2 heteroatoms. The Labute approximate surface area is 45.1 Å². The van der Waals surface area contributed by atoms with E-state index in [4.69, 9.17) is 2.78 Å². The van der Waals surface area contributed by atoms with Crippen LogP contribution in [0.2, 0.25) is 1.41 Å². The summed E-state index contributed by atoms with van der Waals surface area (Å²) in [5, 5.41) is 0.933. The zero-order chi connectivity index (χ0) is 6.85. The van der Waals surface area contributed by atoms with Crippen LogP contribution in [0.5, 0.6) is 0 Å². The second kappa shape index (κ2) is 1.89. The van der Waals surface area contributed by atoms with E-state index < -0.39 is 6.52 Å². The predicted molar refractivity (Wildman–Crippen MR) is 27.0 cm³/mol. The molecule has 0 aromatic rings. The topological polar surface area (TPSA) is 29.1 Å². The van der Waals surface area contributed by atoms with Gasteiger partial charge in [-0.05, 0) is 6.08 Å². The Kier molecular flexibility index (Phi) is 0.707. The minimum Gasteiger partial charge on any atom is -0.306 e. The molecule has 0 aromatic heterocycles. The second-order valence-electron chi connectivity index (χ2n) is 1.32. The van der Waals surface area contributed by atoms with Crippen molar-refractivity contribution in [1.29, 1.82) is 0 Å². The van der Waals surface area contributed by atoms with Gasteiger partial charge in [-0.1, -0.05) is 6.08 Å². The van der Waals surface area contributed by atoms with Crippen LogP contribution in [0, 0.1) is 0 Å². The molecule has 7 heavy (non-hydrogen) atoms. The van der Waals surface area contributed by atoms with Crippen molar-refractivity contribution in [2.45, 2.75) is 0 Å². The first-order valence-electron chi connectivity index (χ1n) is 3.11. The maximum absolute atomic E-state index is 10.5. The van der Waals surface area contributed by atoms with Crippen molar-refractivity contribution >= 4 is 5.78 Å². The van der Waals surface area contributed by atoms with E-state index in [2.05, 4.69) is 0 Å². The van der Waals surface area contributed by atoms with Crippen molar-refractivity contribution in [1.82, 2.24) is 5.31 Å².